The first-order chi connectivity index (χ1) is 15.9. The van der Waals surface area contributed by atoms with E-state index in [1.165, 1.54) is 43.4 Å². The predicted molar refractivity (Wildman–Crippen MR) is 134 cm³/mol. The second kappa shape index (κ2) is 9.31. The van der Waals surface area contributed by atoms with E-state index in [0.717, 1.165) is 36.0 Å². The summed E-state index contributed by atoms with van der Waals surface area (Å²) in [4.78, 5) is 11.5. The molecule has 0 amide bonds. The summed E-state index contributed by atoms with van der Waals surface area (Å²) in [6.45, 7) is 4.26. The van der Waals surface area contributed by atoms with Crippen LogP contribution in [-0.4, -0.2) is 44.8 Å². The Kier molecular flexibility index (Phi) is 6.25. The average Bonchev–Trinajstić information content (AvgIpc) is 3.43. The minimum absolute atomic E-state index is 0.471. The number of rotatable bonds is 8. The van der Waals surface area contributed by atoms with Gasteiger partial charge in [-0.1, -0.05) is 36.6 Å². The van der Waals surface area contributed by atoms with Crippen molar-refractivity contribution >= 4 is 34.7 Å². The molecule has 0 radical (unpaired) electrons. The van der Waals surface area contributed by atoms with Crippen LogP contribution in [-0.2, 0) is 13.5 Å². The minimum Gasteiger partial charge on any atom is -0.336 e. The van der Waals surface area contributed by atoms with Gasteiger partial charge in [0.2, 0.25) is 5.95 Å². The van der Waals surface area contributed by atoms with Crippen molar-refractivity contribution in [3.63, 3.8) is 0 Å². The molecule has 3 aromatic rings. The normalized spacial score (nSPS) is 18.6. The zero-order valence-corrected chi connectivity index (χ0v) is 20.4. The van der Waals surface area contributed by atoms with Crippen LogP contribution in [0.5, 0.6) is 0 Å². The molecule has 1 aliphatic heterocycles. The maximum atomic E-state index is 6.39. The number of hydrogen-bond donors (Lipinski definition) is 2. The van der Waals surface area contributed by atoms with Gasteiger partial charge < -0.3 is 15.5 Å². The van der Waals surface area contributed by atoms with Crippen LogP contribution < -0.4 is 10.6 Å². The van der Waals surface area contributed by atoms with Crippen molar-refractivity contribution in [2.24, 2.45) is 13.0 Å². The van der Waals surface area contributed by atoms with Gasteiger partial charge in [-0.3, -0.25) is 4.68 Å². The molecule has 1 unspecified atom stereocenters. The zero-order chi connectivity index (χ0) is 22.9. The van der Waals surface area contributed by atoms with Crippen molar-refractivity contribution < 1.29 is 0 Å². The van der Waals surface area contributed by atoms with Crippen LogP contribution in [0, 0.1) is 12.8 Å². The number of halogens is 1. The maximum Gasteiger partial charge on any atom is 0.229 e. The summed E-state index contributed by atoms with van der Waals surface area (Å²) < 4.78 is 1.77. The first kappa shape index (κ1) is 22.2. The van der Waals surface area contributed by atoms with Gasteiger partial charge in [-0.25, -0.2) is 4.98 Å². The SMILES string of the molecule is Cc1nn(C)cc1Nc1nc(Nc2ccc(C3CCN(C)C3)cc2CCC2CC2)ncc1Cl. The Hall–Kier alpha value is -2.64. The van der Waals surface area contributed by atoms with Crippen LogP contribution >= 0.6 is 11.6 Å². The molecule has 1 aromatic carbocycles. The Labute approximate surface area is 200 Å². The van der Waals surface area contributed by atoms with Gasteiger partial charge in [0.05, 0.1) is 17.6 Å². The van der Waals surface area contributed by atoms with E-state index in [9.17, 15) is 0 Å². The highest BCUT2D eigenvalue weighted by atomic mass is 35.5. The third kappa shape index (κ3) is 5.31. The molecule has 2 aromatic heterocycles. The summed E-state index contributed by atoms with van der Waals surface area (Å²) in [6.07, 6.45) is 9.86. The Bertz CT molecular complexity index is 1140. The molecule has 7 nitrogen and oxygen atoms in total. The number of likely N-dealkylation sites (tertiary alicyclic amines) is 1. The molecule has 0 spiro atoms. The Morgan fingerprint density at radius 3 is 2.67 bits per heavy atom. The molecule has 2 fully saturated rings. The Balaban J connectivity index is 1.38. The van der Waals surface area contributed by atoms with Gasteiger partial charge in [-0.05, 0) is 68.8 Å². The van der Waals surface area contributed by atoms with Crippen LogP contribution in [0.2, 0.25) is 5.02 Å². The molecule has 2 aliphatic rings. The van der Waals surface area contributed by atoms with Gasteiger partial charge in [-0.2, -0.15) is 10.1 Å². The fourth-order valence-corrected chi connectivity index (χ4v) is 4.79. The molecule has 174 valence electrons. The van der Waals surface area contributed by atoms with E-state index in [1.807, 2.05) is 20.2 Å². The monoisotopic (exact) mass is 465 g/mol. The van der Waals surface area contributed by atoms with Crippen molar-refractivity contribution in [1.29, 1.82) is 0 Å². The Morgan fingerprint density at radius 2 is 1.97 bits per heavy atom. The number of anilines is 4. The molecule has 1 aliphatic carbocycles. The molecule has 1 saturated heterocycles. The topological polar surface area (TPSA) is 70.9 Å². The van der Waals surface area contributed by atoms with E-state index < -0.39 is 0 Å². The lowest BCUT2D eigenvalue weighted by molar-refractivity contribution is 0.411. The number of aryl methyl sites for hydroxylation is 3. The van der Waals surface area contributed by atoms with Gasteiger partial charge in [0.1, 0.15) is 5.02 Å². The Morgan fingerprint density at radius 1 is 1.12 bits per heavy atom. The van der Waals surface area contributed by atoms with Crippen molar-refractivity contribution in [2.75, 3.05) is 30.8 Å². The number of likely N-dealkylation sites (N-methyl/N-ethyl adjacent to an activating group) is 1. The van der Waals surface area contributed by atoms with E-state index in [2.05, 4.69) is 55.8 Å². The highest BCUT2D eigenvalue weighted by molar-refractivity contribution is 6.32. The van der Waals surface area contributed by atoms with Crippen molar-refractivity contribution in [1.82, 2.24) is 24.6 Å². The second-order valence-electron chi connectivity index (χ2n) is 9.59. The van der Waals surface area contributed by atoms with Crippen LogP contribution in [0.1, 0.15) is 48.4 Å². The molecular formula is C25H32ClN7. The van der Waals surface area contributed by atoms with Crippen molar-refractivity contribution in [3.8, 4) is 0 Å². The standard InChI is InChI=1S/C25H32ClN7/c1-16-23(15-33(3)31-16)28-24-21(26)13-27-25(30-24)29-22-9-8-18(20-10-11-32(2)14-20)12-19(22)7-6-17-4-5-17/h8-9,12-13,15,17,20H,4-7,10-11,14H2,1-3H3,(H2,27,28,29,30). The molecule has 2 N–H and O–H groups in total. The van der Waals surface area contributed by atoms with Crippen LogP contribution in [0.15, 0.2) is 30.6 Å². The van der Waals surface area contributed by atoms with Gasteiger partial charge in [0.15, 0.2) is 5.82 Å². The fourth-order valence-electron chi connectivity index (χ4n) is 4.65. The maximum absolute atomic E-state index is 6.39. The second-order valence-corrected chi connectivity index (χ2v) is 10.00. The highest BCUT2D eigenvalue weighted by Crippen LogP contribution is 2.36. The third-order valence-corrected chi connectivity index (χ3v) is 7.04. The molecule has 0 bridgehead atoms. The summed E-state index contributed by atoms with van der Waals surface area (Å²) in [5.74, 6) is 2.61. The number of nitrogens with one attached hydrogen (secondary N) is 2. The van der Waals surface area contributed by atoms with E-state index in [1.54, 1.807) is 10.9 Å². The number of benzene rings is 1. The van der Waals surface area contributed by atoms with Gasteiger partial charge >= 0.3 is 0 Å². The van der Waals surface area contributed by atoms with E-state index in [-0.39, 0.29) is 0 Å². The van der Waals surface area contributed by atoms with Gasteiger partial charge in [-0.15, -0.1) is 0 Å². The summed E-state index contributed by atoms with van der Waals surface area (Å²) in [5, 5.41) is 11.6. The molecule has 5 rings (SSSR count). The molecule has 33 heavy (non-hydrogen) atoms. The van der Waals surface area contributed by atoms with Crippen LogP contribution in [0.3, 0.4) is 0 Å². The highest BCUT2D eigenvalue weighted by Gasteiger charge is 2.24. The molecule has 8 heteroatoms. The van der Waals surface area contributed by atoms with Crippen molar-refractivity contribution in [2.45, 2.75) is 44.9 Å². The fraction of sp³-hybridized carbons (Fsp3) is 0.480. The molecule has 1 atom stereocenters. The predicted octanol–water partition coefficient (Wildman–Crippen LogP) is 5.42. The molecular weight excluding hydrogens is 434 g/mol. The minimum atomic E-state index is 0.471. The number of hydrogen-bond acceptors (Lipinski definition) is 6. The molecule has 3 heterocycles. The number of aromatic nitrogens is 4. The van der Waals surface area contributed by atoms with Gasteiger partial charge in [0.25, 0.3) is 0 Å². The van der Waals surface area contributed by atoms with E-state index in [4.69, 9.17) is 11.6 Å². The van der Waals surface area contributed by atoms with E-state index in [0.29, 0.717) is 22.7 Å². The lowest BCUT2D eigenvalue weighted by Gasteiger charge is -2.17. The van der Waals surface area contributed by atoms with Crippen molar-refractivity contribution in [3.05, 3.63) is 52.4 Å². The number of nitrogens with zero attached hydrogens (tertiary/aromatic N) is 5. The zero-order valence-electron chi connectivity index (χ0n) is 19.6. The summed E-state index contributed by atoms with van der Waals surface area (Å²) >= 11 is 6.39. The lowest BCUT2D eigenvalue weighted by atomic mass is 9.94. The summed E-state index contributed by atoms with van der Waals surface area (Å²) in [5.41, 5.74) is 5.64. The smallest absolute Gasteiger partial charge is 0.229 e. The lowest BCUT2D eigenvalue weighted by Crippen LogP contribution is -2.13. The molecule has 1 saturated carbocycles. The quantitative estimate of drug-likeness (QED) is 0.462. The first-order valence-corrected chi connectivity index (χ1v) is 12.2. The third-order valence-electron chi connectivity index (χ3n) is 6.77. The summed E-state index contributed by atoms with van der Waals surface area (Å²) in [7, 11) is 4.10. The van der Waals surface area contributed by atoms with Crippen LogP contribution in [0.4, 0.5) is 23.1 Å². The van der Waals surface area contributed by atoms with E-state index >= 15 is 0 Å². The average molecular weight is 466 g/mol. The first-order valence-electron chi connectivity index (χ1n) is 11.8. The van der Waals surface area contributed by atoms with Gasteiger partial charge in [0, 0.05) is 25.5 Å². The van der Waals surface area contributed by atoms with Crippen LogP contribution in [0.25, 0.3) is 0 Å². The largest absolute Gasteiger partial charge is 0.336 e. The summed E-state index contributed by atoms with van der Waals surface area (Å²) in [6, 6.07) is 6.87.